The van der Waals surface area contributed by atoms with Crippen molar-refractivity contribution in [1.82, 2.24) is 19.7 Å². The van der Waals surface area contributed by atoms with Gasteiger partial charge in [-0.3, -0.25) is 4.79 Å². The summed E-state index contributed by atoms with van der Waals surface area (Å²) in [5.41, 5.74) is 1.63. The lowest BCUT2D eigenvalue weighted by Crippen LogP contribution is -2.11. The summed E-state index contributed by atoms with van der Waals surface area (Å²) in [7, 11) is 0. The second-order valence-corrected chi connectivity index (χ2v) is 4.97. The van der Waals surface area contributed by atoms with Crippen LogP contribution in [0.25, 0.3) is 11.0 Å². The lowest BCUT2D eigenvalue weighted by molar-refractivity contribution is 0.434. The summed E-state index contributed by atoms with van der Waals surface area (Å²) >= 11 is 0. The van der Waals surface area contributed by atoms with Gasteiger partial charge in [0.15, 0.2) is 5.65 Å². The van der Waals surface area contributed by atoms with Crippen LogP contribution in [0.5, 0.6) is 0 Å². The van der Waals surface area contributed by atoms with E-state index in [1.807, 2.05) is 11.6 Å². The Labute approximate surface area is 105 Å². The van der Waals surface area contributed by atoms with E-state index in [2.05, 4.69) is 15.1 Å². The van der Waals surface area contributed by atoms with E-state index < -0.39 is 0 Å². The number of hydrogen-bond acceptors (Lipinski definition) is 3. The fourth-order valence-corrected chi connectivity index (χ4v) is 2.93. The minimum atomic E-state index is -0.0553. The van der Waals surface area contributed by atoms with E-state index in [0.717, 1.165) is 30.7 Å². The lowest BCUT2D eigenvalue weighted by Gasteiger charge is -2.19. The van der Waals surface area contributed by atoms with Crippen molar-refractivity contribution in [2.75, 3.05) is 0 Å². The van der Waals surface area contributed by atoms with Crippen LogP contribution in [-0.4, -0.2) is 19.7 Å². The van der Waals surface area contributed by atoms with Crippen molar-refractivity contribution >= 4 is 11.0 Å². The van der Waals surface area contributed by atoms with Gasteiger partial charge in [-0.25, -0.2) is 9.67 Å². The number of aromatic amines is 1. The van der Waals surface area contributed by atoms with Gasteiger partial charge in [0, 0.05) is 12.5 Å². The van der Waals surface area contributed by atoms with Crippen molar-refractivity contribution in [3.63, 3.8) is 0 Å². The molecule has 1 saturated carbocycles. The second kappa shape index (κ2) is 4.55. The van der Waals surface area contributed by atoms with Crippen molar-refractivity contribution < 1.29 is 0 Å². The molecule has 0 radical (unpaired) electrons. The summed E-state index contributed by atoms with van der Waals surface area (Å²) in [6.07, 6.45) is 7.53. The predicted octanol–water partition coefficient (Wildman–Crippen LogP) is 2.19. The predicted molar refractivity (Wildman–Crippen MR) is 69.6 cm³/mol. The maximum atomic E-state index is 12.0. The fourth-order valence-electron chi connectivity index (χ4n) is 2.93. The first-order valence-corrected chi connectivity index (χ1v) is 6.75. The Balaban J connectivity index is 2.18. The Morgan fingerprint density at radius 2 is 2.17 bits per heavy atom. The highest BCUT2D eigenvalue weighted by Crippen LogP contribution is 2.34. The van der Waals surface area contributed by atoms with Crippen LogP contribution in [0.15, 0.2) is 11.1 Å². The monoisotopic (exact) mass is 246 g/mol. The molecule has 96 valence electrons. The van der Waals surface area contributed by atoms with Gasteiger partial charge in [0.1, 0.15) is 5.39 Å². The average molecular weight is 246 g/mol. The molecule has 0 unspecified atom stereocenters. The fraction of sp³-hybridized carbons (Fsp3) is 0.615. The minimum absolute atomic E-state index is 0.0553. The molecular formula is C13H18N4O. The molecule has 0 spiro atoms. The number of rotatable bonds is 2. The zero-order valence-electron chi connectivity index (χ0n) is 10.6. The minimum Gasteiger partial charge on any atom is -0.312 e. The number of aryl methyl sites for hydroxylation is 1. The first kappa shape index (κ1) is 11.4. The first-order chi connectivity index (χ1) is 8.81. The molecule has 0 amide bonds. The third-order valence-electron chi connectivity index (χ3n) is 3.85. The molecular weight excluding hydrogens is 228 g/mol. The van der Waals surface area contributed by atoms with Crippen LogP contribution < -0.4 is 5.56 Å². The van der Waals surface area contributed by atoms with Crippen LogP contribution in [-0.2, 0) is 6.54 Å². The van der Waals surface area contributed by atoms with Crippen molar-refractivity contribution in [3.8, 4) is 0 Å². The molecule has 3 rings (SSSR count). The molecule has 1 aliphatic carbocycles. The van der Waals surface area contributed by atoms with Crippen LogP contribution in [0, 0.1) is 0 Å². The standard InChI is InChI=1S/C13H18N4O/c1-2-17-12-10(13(18)15-8-14-12)11(16-17)9-6-4-3-5-7-9/h8-9H,2-7H2,1H3,(H,14,15,18). The SMILES string of the molecule is CCn1nc(C2CCCCC2)c2c(=O)[nH]cnc21. The van der Waals surface area contributed by atoms with Crippen LogP contribution in [0.4, 0.5) is 0 Å². The largest absolute Gasteiger partial charge is 0.312 e. The van der Waals surface area contributed by atoms with Gasteiger partial charge in [-0.05, 0) is 19.8 Å². The molecule has 0 saturated heterocycles. The zero-order chi connectivity index (χ0) is 12.5. The Hall–Kier alpha value is -1.65. The molecule has 1 fully saturated rings. The molecule has 0 bridgehead atoms. The maximum Gasteiger partial charge on any atom is 0.262 e. The Bertz CT molecular complexity index is 607. The molecule has 5 nitrogen and oxygen atoms in total. The topological polar surface area (TPSA) is 63.6 Å². The third-order valence-corrected chi connectivity index (χ3v) is 3.85. The molecule has 1 N–H and O–H groups in total. The van der Waals surface area contributed by atoms with E-state index in [-0.39, 0.29) is 5.56 Å². The zero-order valence-corrected chi connectivity index (χ0v) is 10.6. The van der Waals surface area contributed by atoms with E-state index >= 15 is 0 Å². The Morgan fingerprint density at radius 1 is 1.39 bits per heavy atom. The molecule has 2 aromatic rings. The van der Waals surface area contributed by atoms with Crippen LogP contribution in [0.2, 0.25) is 0 Å². The summed E-state index contributed by atoms with van der Waals surface area (Å²) in [5.74, 6) is 0.430. The van der Waals surface area contributed by atoms with Crippen LogP contribution >= 0.6 is 0 Å². The van der Waals surface area contributed by atoms with Crippen LogP contribution in [0.1, 0.15) is 50.6 Å². The normalized spacial score (nSPS) is 17.4. The van der Waals surface area contributed by atoms with Gasteiger partial charge >= 0.3 is 0 Å². The second-order valence-electron chi connectivity index (χ2n) is 4.97. The summed E-state index contributed by atoms with van der Waals surface area (Å²) < 4.78 is 1.84. The molecule has 2 aromatic heterocycles. The summed E-state index contributed by atoms with van der Waals surface area (Å²) in [4.78, 5) is 19.0. The number of aromatic nitrogens is 4. The van der Waals surface area contributed by atoms with Gasteiger partial charge < -0.3 is 4.98 Å². The van der Waals surface area contributed by atoms with E-state index in [9.17, 15) is 4.79 Å². The third kappa shape index (κ3) is 1.74. The maximum absolute atomic E-state index is 12.0. The van der Waals surface area contributed by atoms with Crippen LogP contribution in [0.3, 0.4) is 0 Å². The van der Waals surface area contributed by atoms with Gasteiger partial charge in [0.25, 0.3) is 5.56 Å². The van der Waals surface area contributed by atoms with Gasteiger partial charge in [0.2, 0.25) is 0 Å². The highest BCUT2D eigenvalue weighted by molar-refractivity contribution is 5.77. The van der Waals surface area contributed by atoms with Crippen molar-refractivity contribution in [2.45, 2.75) is 51.5 Å². The van der Waals surface area contributed by atoms with Gasteiger partial charge in [-0.2, -0.15) is 5.10 Å². The summed E-state index contributed by atoms with van der Waals surface area (Å²) in [6.45, 7) is 2.78. The van der Waals surface area contributed by atoms with Crippen molar-refractivity contribution in [3.05, 3.63) is 22.4 Å². The molecule has 0 aromatic carbocycles. The summed E-state index contributed by atoms with van der Waals surface area (Å²) in [5, 5.41) is 5.33. The lowest BCUT2D eigenvalue weighted by atomic mass is 9.86. The van der Waals surface area contributed by atoms with E-state index in [1.165, 1.54) is 25.6 Å². The number of nitrogens with zero attached hydrogens (tertiary/aromatic N) is 3. The Morgan fingerprint density at radius 3 is 2.89 bits per heavy atom. The molecule has 5 heteroatoms. The number of H-pyrrole nitrogens is 1. The van der Waals surface area contributed by atoms with Crippen molar-refractivity contribution in [1.29, 1.82) is 0 Å². The molecule has 0 atom stereocenters. The van der Waals surface area contributed by atoms with Gasteiger partial charge in [-0.1, -0.05) is 19.3 Å². The van der Waals surface area contributed by atoms with E-state index in [4.69, 9.17) is 0 Å². The number of nitrogens with one attached hydrogen (secondary N) is 1. The molecule has 0 aliphatic heterocycles. The number of hydrogen-bond donors (Lipinski definition) is 1. The van der Waals surface area contributed by atoms with Gasteiger partial charge in [-0.15, -0.1) is 0 Å². The average Bonchev–Trinajstić information content (AvgIpc) is 2.80. The highest BCUT2D eigenvalue weighted by atomic mass is 16.1. The molecule has 1 aliphatic rings. The quantitative estimate of drug-likeness (QED) is 0.883. The van der Waals surface area contributed by atoms with E-state index in [0.29, 0.717) is 11.3 Å². The Kier molecular flexibility index (Phi) is 2.89. The first-order valence-electron chi connectivity index (χ1n) is 6.75. The van der Waals surface area contributed by atoms with Gasteiger partial charge in [0.05, 0.1) is 12.0 Å². The smallest absolute Gasteiger partial charge is 0.262 e. The molecule has 18 heavy (non-hydrogen) atoms. The van der Waals surface area contributed by atoms with Crippen molar-refractivity contribution in [2.24, 2.45) is 0 Å². The summed E-state index contributed by atoms with van der Waals surface area (Å²) in [6, 6.07) is 0. The highest BCUT2D eigenvalue weighted by Gasteiger charge is 2.23. The van der Waals surface area contributed by atoms with E-state index in [1.54, 1.807) is 0 Å². The number of fused-ring (bicyclic) bond motifs is 1. The molecule has 2 heterocycles.